The van der Waals surface area contributed by atoms with Crippen molar-refractivity contribution in [3.05, 3.63) is 0 Å². The van der Waals surface area contributed by atoms with E-state index in [4.69, 9.17) is 0 Å². The third-order valence-corrected chi connectivity index (χ3v) is 4.24. The molecule has 2 heteroatoms. The first-order chi connectivity index (χ1) is 8.77. The Bertz CT molecular complexity index is 227. The zero-order chi connectivity index (χ0) is 13.2. The fourth-order valence-corrected chi connectivity index (χ4v) is 3.07. The fraction of sp³-hybridized carbons (Fsp3) is 0.938. The minimum absolute atomic E-state index is 0.300. The van der Waals surface area contributed by atoms with Crippen LogP contribution in [0.5, 0.6) is 0 Å². The summed E-state index contributed by atoms with van der Waals surface area (Å²) in [5, 5.41) is 3.12. The molecule has 0 saturated heterocycles. The Labute approximate surface area is 113 Å². The maximum absolute atomic E-state index is 12.1. The Balaban J connectivity index is 2.22. The van der Waals surface area contributed by atoms with Crippen LogP contribution in [0.25, 0.3) is 0 Å². The lowest BCUT2D eigenvalue weighted by Gasteiger charge is -2.15. The molecule has 2 unspecified atom stereocenters. The standard InChI is InChI=1S/C16H31NO/c1-3-5-6-13-17-16(18)15-10-7-9-14(8-4-2)11-12-15/h14-15H,3-13H2,1-2H3,(H,17,18). The van der Waals surface area contributed by atoms with Crippen molar-refractivity contribution >= 4 is 5.91 Å². The second kappa shape index (κ2) is 9.41. The van der Waals surface area contributed by atoms with Crippen molar-refractivity contribution in [2.75, 3.05) is 6.54 Å². The van der Waals surface area contributed by atoms with Crippen LogP contribution < -0.4 is 5.32 Å². The minimum Gasteiger partial charge on any atom is -0.356 e. The number of carbonyl (C=O) groups is 1. The number of nitrogens with one attached hydrogen (secondary N) is 1. The van der Waals surface area contributed by atoms with E-state index >= 15 is 0 Å². The molecule has 0 aromatic rings. The lowest BCUT2D eigenvalue weighted by molar-refractivity contribution is -0.125. The van der Waals surface area contributed by atoms with Crippen LogP contribution in [0.1, 0.15) is 78.1 Å². The summed E-state index contributed by atoms with van der Waals surface area (Å²) in [5.41, 5.74) is 0. The van der Waals surface area contributed by atoms with Gasteiger partial charge in [0, 0.05) is 12.5 Å². The molecule has 0 aromatic carbocycles. The molecule has 1 aliphatic carbocycles. The van der Waals surface area contributed by atoms with Gasteiger partial charge in [-0.1, -0.05) is 52.4 Å². The quantitative estimate of drug-likeness (QED) is 0.532. The highest BCUT2D eigenvalue weighted by atomic mass is 16.1. The first-order valence-electron chi connectivity index (χ1n) is 8.05. The average Bonchev–Trinajstić information content (AvgIpc) is 2.61. The van der Waals surface area contributed by atoms with E-state index in [1.807, 2.05) is 0 Å². The molecule has 0 bridgehead atoms. The zero-order valence-corrected chi connectivity index (χ0v) is 12.3. The van der Waals surface area contributed by atoms with Crippen LogP contribution in [0.2, 0.25) is 0 Å². The maximum atomic E-state index is 12.1. The Kier molecular flexibility index (Phi) is 8.11. The first kappa shape index (κ1) is 15.5. The first-order valence-corrected chi connectivity index (χ1v) is 8.05. The number of hydrogen-bond donors (Lipinski definition) is 1. The van der Waals surface area contributed by atoms with Gasteiger partial charge in [-0.3, -0.25) is 4.79 Å². The number of hydrogen-bond acceptors (Lipinski definition) is 1. The van der Waals surface area contributed by atoms with Crippen molar-refractivity contribution in [1.29, 1.82) is 0 Å². The van der Waals surface area contributed by atoms with E-state index in [0.29, 0.717) is 11.8 Å². The van der Waals surface area contributed by atoms with Crippen molar-refractivity contribution in [1.82, 2.24) is 5.32 Å². The molecule has 1 aliphatic rings. The molecule has 2 nitrogen and oxygen atoms in total. The highest BCUT2D eigenvalue weighted by Crippen LogP contribution is 2.29. The van der Waals surface area contributed by atoms with E-state index in [1.165, 1.54) is 44.9 Å². The molecule has 0 heterocycles. The van der Waals surface area contributed by atoms with E-state index in [9.17, 15) is 4.79 Å². The Morgan fingerprint density at radius 3 is 2.61 bits per heavy atom. The summed E-state index contributed by atoms with van der Waals surface area (Å²) < 4.78 is 0. The van der Waals surface area contributed by atoms with Gasteiger partial charge in [-0.25, -0.2) is 0 Å². The van der Waals surface area contributed by atoms with Crippen molar-refractivity contribution < 1.29 is 4.79 Å². The number of carbonyl (C=O) groups excluding carboxylic acids is 1. The molecular formula is C16H31NO. The van der Waals surface area contributed by atoms with Gasteiger partial charge >= 0.3 is 0 Å². The molecule has 1 fully saturated rings. The van der Waals surface area contributed by atoms with E-state index in [0.717, 1.165) is 31.7 Å². The minimum atomic E-state index is 0.300. The van der Waals surface area contributed by atoms with Gasteiger partial charge in [-0.15, -0.1) is 0 Å². The number of rotatable bonds is 7. The Hall–Kier alpha value is -0.530. The predicted molar refractivity (Wildman–Crippen MR) is 77.5 cm³/mol. The van der Waals surface area contributed by atoms with Crippen LogP contribution in [0.4, 0.5) is 0 Å². The van der Waals surface area contributed by atoms with Gasteiger partial charge < -0.3 is 5.32 Å². The summed E-state index contributed by atoms with van der Waals surface area (Å²) in [7, 11) is 0. The second-order valence-electron chi connectivity index (χ2n) is 5.86. The monoisotopic (exact) mass is 253 g/mol. The van der Waals surface area contributed by atoms with Crippen molar-refractivity contribution in [3.63, 3.8) is 0 Å². The van der Waals surface area contributed by atoms with Crippen molar-refractivity contribution in [2.24, 2.45) is 11.8 Å². The second-order valence-corrected chi connectivity index (χ2v) is 5.86. The maximum Gasteiger partial charge on any atom is 0.223 e. The molecule has 18 heavy (non-hydrogen) atoms. The van der Waals surface area contributed by atoms with Crippen LogP contribution in [0, 0.1) is 11.8 Å². The molecule has 1 saturated carbocycles. The summed E-state index contributed by atoms with van der Waals surface area (Å²) in [5.74, 6) is 1.50. The fourth-order valence-electron chi connectivity index (χ4n) is 3.07. The average molecular weight is 253 g/mol. The van der Waals surface area contributed by atoms with Gasteiger partial charge in [-0.05, 0) is 31.6 Å². The van der Waals surface area contributed by atoms with Crippen LogP contribution in [0.3, 0.4) is 0 Å². The van der Waals surface area contributed by atoms with Crippen LogP contribution in [-0.4, -0.2) is 12.5 Å². The highest BCUT2D eigenvalue weighted by Gasteiger charge is 2.23. The van der Waals surface area contributed by atoms with Crippen molar-refractivity contribution in [3.8, 4) is 0 Å². The molecule has 0 aliphatic heterocycles. The van der Waals surface area contributed by atoms with Crippen molar-refractivity contribution in [2.45, 2.75) is 78.1 Å². The molecule has 0 aromatic heterocycles. The largest absolute Gasteiger partial charge is 0.356 e. The molecule has 106 valence electrons. The normalized spacial score (nSPS) is 24.6. The molecule has 1 rings (SSSR count). The third-order valence-electron chi connectivity index (χ3n) is 4.24. The summed E-state index contributed by atoms with van der Waals surface area (Å²) in [6, 6.07) is 0. The summed E-state index contributed by atoms with van der Waals surface area (Å²) in [6.07, 6.45) is 12.3. The van der Waals surface area contributed by atoms with Gasteiger partial charge in [0.2, 0.25) is 5.91 Å². The summed E-state index contributed by atoms with van der Waals surface area (Å²) >= 11 is 0. The molecule has 1 N–H and O–H groups in total. The number of unbranched alkanes of at least 4 members (excludes halogenated alkanes) is 2. The molecular weight excluding hydrogens is 222 g/mol. The molecule has 1 amide bonds. The molecule has 0 radical (unpaired) electrons. The molecule has 2 atom stereocenters. The van der Waals surface area contributed by atoms with E-state index in [-0.39, 0.29) is 0 Å². The summed E-state index contributed by atoms with van der Waals surface area (Å²) in [4.78, 5) is 12.1. The van der Waals surface area contributed by atoms with E-state index in [2.05, 4.69) is 19.2 Å². The van der Waals surface area contributed by atoms with Gasteiger partial charge in [0.25, 0.3) is 0 Å². The third kappa shape index (κ3) is 5.88. The van der Waals surface area contributed by atoms with Crippen LogP contribution in [-0.2, 0) is 4.79 Å². The predicted octanol–water partition coefficient (Wildman–Crippen LogP) is 4.29. The van der Waals surface area contributed by atoms with Gasteiger partial charge in [0.15, 0.2) is 0 Å². The van der Waals surface area contributed by atoms with Gasteiger partial charge in [0.05, 0.1) is 0 Å². The Morgan fingerprint density at radius 1 is 1.06 bits per heavy atom. The van der Waals surface area contributed by atoms with Gasteiger partial charge in [-0.2, -0.15) is 0 Å². The smallest absolute Gasteiger partial charge is 0.223 e. The lowest BCUT2D eigenvalue weighted by atomic mass is 9.94. The van der Waals surface area contributed by atoms with Gasteiger partial charge in [0.1, 0.15) is 0 Å². The Morgan fingerprint density at radius 2 is 1.89 bits per heavy atom. The number of amides is 1. The summed E-state index contributed by atoms with van der Waals surface area (Å²) in [6.45, 7) is 5.34. The van der Waals surface area contributed by atoms with Crippen LogP contribution >= 0.6 is 0 Å². The lowest BCUT2D eigenvalue weighted by Crippen LogP contribution is -2.31. The van der Waals surface area contributed by atoms with Crippen LogP contribution in [0.15, 0.2) is 0 Å². The SMILES string of the molecule is CCCCCNC(=O)C1CCCC(CCC)CC1. The highest BCUT2D eigenvalue weighted by molar-refractivity contribution is 5.78. The van der Waals surface area contributed by atoms with E-state index < -0.39 is 0 Å². The van der Waals surface area contributed by atoms with E-state index in [1.54, 1.807) is 0 Å². The topological polar surface area (TPSA) is 29.1 Å². The molecule has 0 spiro atoms. The zero-order valence-electron chi connectivity index (χ0n) is 12.3.